The summed E-state index contributed by atoms with van der Waals surface area (Å²) in [6.07, 6.45) is 3.54. The Kier molecular flexibility index (Phi) is 6.83. The molecule has 5 nitrogen and oxygen atoms in total. The molecular formula is C21H30N2O3. The van der Waals surface area contributed by atoms with Gasteiger partial charge in [-0.2, -0.15) is 0 Å². The molecule has 0 aliphatic carbocycles. The average molecular weight is 358 g/mol. The van der Waals surface area contributed by atoms with Crippen molar-refractivity contribution in [1.29, 1.82) is 0 Å². The molecule has 0 bridgehead atoms. The zero-order chi connectivity index (χ0) is 19.2. The van der Waals surface area contributed by atoms with Crippen LogP contribution in [-0.4, -0.2) is 41.9 Å². The maximum atomic E-state index is 12.3. The van der Waals surface area contributed by atoms with E-state index in [0.717, 1.165) is 17.7 Å². The van der Waals surface area contributed by atoms with Crippen LogP contribution in [0.5, 0.6) is 5.75 Å². The molecule has 26 heavy (non-hydrogen) atoms. The summed E-state index contributed by atoms with van der Waals surface area (Å²) in [6.45, 7) is 11.4. The topological polar surface area (TPSA) is 58.6 Å². The van der Waals surface area contributed by atoms with Gasteiger partial charge in [-0.25, -0.2) is 0 Å². The van der Waals surface area contributed by atoms with Gasteiger partial charge in [-0.3, -0.25) is 9.59 Å². The molecule has 142 valence electrons. The van der Waals surface area contributed by atoms with Gasteiger partial charge in [0, 0.05) is 25.6 Å². The van der Waals surface area contributed by atoms with E-state index in [1.54, 1.807) is 4.90 Å². The molecule has 5 heteroatoms. The number of carbonyl (C=O) groups excluding carboxylic acids is 2. The van der Waals surface area contributed by atoms with E-state index in [1.165, 1.54) is 6.08 Å². The average Bonchev–Trinajstić information content (AvgIpc) is 2.61. The minimum atomic E-state index is -0.207. The van der Waals surface area contributed by atoms with E-state index in [9.17, 15) is 9.59 Å². The lowest BCUT2D eigenvalue weighted by atomic mass is 9.95. The van der Waals surface area contributed by atoms with Gasteiger partial charge in [-0.1, -0.05) is 18.7 Å². The minimum absolute atomic E-state index is 0.00794. The SMILES string of the molecule is C=CC(=O)N1CCC(C(=O)NCCc2ccc(OC(C)(C)C)cc2)CC1. The number of hydrogen-bond acceptors (Lipinski definition) is 3. The Morgan fingerprint density at radius 3 is 2.38 bits per heavy atom. The third-order valence-electron chi connectivity index (χ3n) is 4.41. The van der Waals surface area contributed by atoms with Crippen molar-refractivity contribution >= 4 is 11.8 Å². The van der Waals surface area contributed by atoms with Crippen molar-refractivity contribution in [1.82, 2.24) is 10.2 Å². The number of nitrogens with one attached hydrogen (secondary N) is 1. The van der Waals surface area contributed by atoms with Crippen molar-refractivity contribution in [2.45, 2.75) is 45.6 Å². The fraction of sp³-hybridized carbons (Fsp3) is 0.524. The van der Waals surface area contributed by atoms with Crippen LogP contribution in [0, 0.1) is 5.92 Å². The van der Waals surface area contributed by atoms with Crippen LogP contribution in [0.3, 0.4) is 0 Å². The molecule has 1 aromatic carbocycles. The van der Waals surface area contributed by atoms with E-state index in [4.69, 9.17) is 4.74 Å². The van der Waals surface area contributed by atoms with E-state index in [0.29, 0.717) is 32.5 Å². The van der Waals surface area contributed by atoms with Gasteiger partial charge in [-0.05, 0) is 63.8 Å². The molecule has 1 saturated heterocycles. The van der Waals surface area contributed by atoms with Crippen molar-refractivity contribution < 1.29 is 14.3 Å². The first-order valence-electron chi connectivity index (χ1n) is 9.25. The molecule has 1 aromatic rings. The number of likely N-dealkylation sites (tertiary alicyclic amines) is 1. The molecule has 1 aliphatic rings. The van der Waals surface area contributed by atoms with Gasteiger partial charge >= 0.3 is 0 Å². The highest BCUT2D eigenvalue weighted by Gasteiger charge is 2.26. The molecule has 1 N–H and O–H groups in total. The molecule has 0 aromatic heterocycles. The first-order chi connectivity index (χ1) is 12.3. The van der Waals surface area contributed by atoms with Gasteiger partial charge in [0.25, 0.3) is 0 Å². The summed E-state index contributed by atoms with van der Waals surface area (Å²) >= 11 is 0. The number of ether oxygens (including phenoxy) is 1. The Bertz CT molecular complexity index is 624. The van der Waals surface area contributed by atoms with Crippen LogP contribution in [0.25, 0.3) is 0 Å². The highest BCUT2D eigenvalue weighted by atomic mass is 16.5. The van der Waals surface area contributed by atoms with E-state index in [1.807, 2.05) is 45.0 Å². The Morgan fingerprint density at radius 1 is 1.23 bits per heavy atom. The standard InChI is InChI=1S/C21H30N2O3/c1-5-19(24)23-14-11-17(12-15-23)20(25)22-13-10-16-6-8-18(9-7-16)26-21(2,3)4/h5-9,17H,1,10-15H2,2-4H3,(H,22,25). The minimum Gasteiger partial charge on any atom is -0.488 e. The summed E-state index contributed by atoms with van der Waals surface area (Å²) in [6, 6.07) is 8.00. The Hall–Kier alpha value is -2.30. The Balaban J connectivity index is 1.72. The van der Waals surface area contributed by atoms with Crippen molar-refractivity contribution in [3.8, 4) is 5.75 Å². The number of benzene rings is 1. The van der Waals surface area contributed by atoms with Gasteiger partial charge in [0.15, 0.2) is 0 Å². The summed E-state index contributed by atoms with van der Waals surface area (Å²) in [5, 5.41) is 3.02. The van der Waals surface area contributed by atoms with Gasteiger partial charge < -0.3 is 15.0 Å². The quantitative estimate of drug-likeness (QED) is 0.796. The largest absolute Gasteiger partial charge is 0.488 e. The van der Waals surface area contributed by atoms with Crippen LogP contribution in [-0.2, 0) is 16.0 Å². The van der Waals surface area contributed by atoms with E-state index >= 15 is 0 Å². The lowest BCUT2D eigenvalue weighted by Crippen LogP contribution is -2.42. The molecule has 1 aliphatic heterocycles. The van der Waals surface area contributed by atoms with Crippen LogP contribution in [0.15, 0.2) is 36.9 Å². The number of amides is 2. The number of carbonyl (C=O) groups is 2. The molecule has 0 radical (unpaired) electrons. The summed E-state index contributed by atoms with van der Waals surface area (Å²) in [5.74, 6) is 0.878. The van der Waals surface area contributed by atoms with Gasteiger partial charge in [0.2, 0.25) is 11.8 Å². The monoisotopic (exact) mass is 358 g/mol. The van der Waals surface area contributed by atoms with Crippen LogP contribution < -0.4 is 10.1 Å². The van der Waals surface area contributed by atoms with Crippen LogP contribution >= 0.6 is 0 Å². The second-order valence-corrected chi connectivity index (χ2v) is 7.70. The number of piperidine rings is 1. The molecule has 1 heterocycles. The third kappa shape index (κ3) is 6.21. The molecule has 1 fully saturated rings. The summed E-state index contributed by atoms with van der Waals surface area (Å²) in [4.78, 5) is 25.6. The first kappa shape index (κ1) is 20.0. The summed E-state index contributed by atoms with van der Waals surface area (Å²) in [5.41, 5.74) is 0.958. The van der Waals surface area contributed by atoms with Crippen LogP contribution in [0.2, 0.25) is 0 Å². The number of nitrogens with zero attached hydrogens (tertiary/aromatic N) is 1. The Morgan fingerprint density at radius 2 is 1.85 bits per heavy atom. The molecule has 0 saturated carbocycles. The fourth-order valence-corrected chi connectivity index (χ4v) is 3.04. The molecule has 0 spiro atoms. The first-order valence-corrected chi connectivity index (χ1v) is 9.25. The van der Waals surface area contributed by atoms with Crippen molar-refractivity contribution in [3.05, 3.63) is 42.5 Å². The normalized spacial score (nSPS) is 15.4. The van der Waals surface area contributed by atoms with Crippen molar-refractivity contribution in [2.75, 3.05) is 19.6 Å². The second-order valence-electron chi connectivity index (χ2n) is 7.70. The highest BCUT2D eigenvalue weighted by molar-refractivity contribution is 5.87. The maximum Gasteiger partial charge on any atom is 0.245 e. The maximum absolute atomic E-state index is 12.3. The summed E-state index contributed by atoms with van der Waals surface area (Å²) < 4.78 is 5.81. The van der Waals surface area contributed by atoms with Gasteiger partial charge in [0.05, 0.1) is 0 Å². The smallest absolute Gasteiger partial charge is 0.245 e. The van der Waals surface area contributed by atoms with Crippen LogP contribution in [0.1, 0.15) is 39.2 Å². The zero-order valence-electron chi connectivity index (χ0n) is 16.1. The molecular weight excluding hydrogens is 328 g/mol. The summed E-state index contributed by atoms with van der Waals surface area (Å²) in [7, 11) is 0. The van der Waals surface area contributed by atoms with Crippen molar-refractivity contribution in [3.63, 3.8) is 0 Å². The third-order valence-corrected chi connectivity index (χ3v) is 4.41. The predicted octanol–water partition coefficient (Wildman–Crippen LogP) is 2.95. The second kappa shape index (κ2) is 8.88. The number of hydrogen-bond donors (Lipinski definition) is 1. The van der Waals surface area contributed by atoms with E-state index in [2.05, 4.69) is 11.9 Å². The molecule has 2 amide bonds. The highest BCUT2D eigenvalue weighted by Crippen LogP contribution is 2.19. The van der Waals surface area contributed by atoms with Crippen molar-refractivity contribution in [2.24, 2.45) is 5.92 Å². The molecule has 2 rings (SSSR count). The zero-order valence-corrected chi connectivity index (χ0v) is 16.1. The Labute approximate surface area is 156 Å². The van der Waals surface area contributed by atoms with E-state index < -0.39 is 0 Å². The van der Waals surface area contributed by atoms with Gasteiger partial charge in [-0.15, -0.1) is 0 Å². The lowest BCUT2D eigenvalue weighted by Gasteiger charge is -2.30. The number of rotatable bonds is 6. The van der Waals surface area contributed by atoms with Gasteiger partial charge in [0.1, 0.15) is 11.4 Å². The van der Waals surface area contributed by atoms with Crippen LogP contribution in [0.4, 0.5) is 0 Å². The predicted molar refractivity (Wildman–Crippen MR) is 103 cm³/mol. The lowest BCUT2D eigenvalue weighted by molar-refractivity contribution is -0.132. The molecule has 0 unspecified atom stereocenters. The van der Waals surface area contributed by atoms with E-state index in [-0.39, 0.29) is 23.3 Å². The molecule has 0 atom stereocenters. The fourth-order valence-electron chi connectivity index (χ4n) is 3.04.